The lowest BCUT2D eigenvalue weighted by atomic mass is 9.82. The van der Waals surface area contributed by atoms with Crippen LogP contribution in [-0.4, -0.2) is 38.5 Å². The number of hydrogen-bond donors (Lipinski definition) is 2. The second-order valence-corrected chi connectivity index (χ2v) is 5.81. The lowest BCUT2D eigenvalue weighted by molar-refractivity contribution is 0.148. The highest BCUT2D eigenvalue weighted by atomic mass is 16.5. The van der Waals surface area contributed by atoms with Gasteiger partial charge in [-0.2, -0.15) is 0 Å². The third kappa shape index (κ3) is 10.9. The van der Waals surface area contributed by atoms with E-state index in [0.717, 1.165) is 12.8 Å². The minimum atomic E-state index is -0.441. The molecule has 0 aromatic rings. The zero-order chi connectivity index (χ0) is 16.3. The van der Waals surface area contributed by atoms with E-state index >= 15 is 0 Å². The molecule has 6 heteroatoms. The van der Waals surface area contributed by atoms with Crippen LogP contribution in [0.25, 0.3) is 0 Å². The van der Waals surface area contributed by atoms with Crippen molar-refractivity contribution in [2.24, 2.45) is 11.3 Å². The van der Waals surface area contributed by atoms with Gasteiger partial charge in [-0.1, -0.05) is 20.8 Å². The maximum atomic E-state index is 11.2. The number of carbonyl (C=O) groups excluding carboxylic acids is 2. The van der Waals surface area contributed by atoms with Crippen molar-refractivity contribution in [3.63, 3.8) is 0 Å². The summed E-state index contributed by atoms with van der Waals surface area (Å²) in [6, 6.07) is 0. The predicted molar refractivity (Wildman–Crippen MR) is 81.6 cm³/mol. The van der Waals surface area contributed by atoms with Gasteiger partial charge in [0.05, 0.1) is 13.2 Å². The van der Waals surface area contributed by atoms with Crippen LogP contribution < -0.4 is 10.6 Å². The molecule has 0 aliphatic heterocycles. The van der Waals surface area contributed by atoms with Gasteiger partial charge >= 0.3 is 12.2 Å². The normalized spacial score (nSPS) is 12.4. The smallest absolute Gasteiger partial charge is 0.407 e. The van der Waals surface area contributed by atoms with Crippen molar-refractivity contribution in [2.45, 2.75) is 33.6 Å². The predicted octanol–water partition coefficient (Wildman–Crippen LogP) is 2.55. The first kappa shape index (κ1) is 19.5. The summed E-state index contributed by atoms with van der Waals surface area (Å²) in [5, 5.41) is 5.39. The number of ether oxygens (including phenoxy) is 2. The molecule has 0 bridgehead atoms. The second kappa shape index (κ2) is 10.3. The number of hydrogen-bond acceptors (Lipinski definition) is 4. The Morgan fingerprint density at radius 2 is 1.62 bits per heavy atom. The summed E-state index contributed by atoms with van der Waals surface area (Å²) < 4.78 is 9.41. The minimum absolute atomic E-state index is 0.0482. The third-order valence-corrected chi connectivity index (χ3v) is 2.99. The second-order valence-electron chi connectivity index (χ2n) is 5.81. The fraction of sp³-hybridized carbons (Fsp3) is 0.733. The Bertz CT molecular complexity index is 319. The summed E-state index contributed by atoms with van der Waals surface area (Å²) >= 11 is 0. The van der Waals surface area contributed by atoms with E-state index in [4.69, 9.17) is 4.74 Å². The minimum Gasteiger partial charge on any atom is -0.450 e. The van der Waals surface area contributed by atoms with Gasteiger partial charge in [-0.05, 0) is 38.0 Å². The number of alkyl carbamates (subject to hydrolysis) is 2. The molecule has 0 rings (SSSR count). The summed E-state index contributed by atoms with van der Waals surface area (Å²) in [6.07, 6.45) is 0.889. The Morgan fingerprint density at radius 3 is 2.14 bits per heavy atom. The molecule has 122 valence electrons. The van der Waals surface area contributed by atoms with Gasteiger partial charge in [0.25, 0.3) is 0 Å². The van der Waals surface area contributed by atoms with Crippen LogP contribution in [0, 0.1) is 25.2 Å². The molecule has 0 aromatic heterocycles. The van der Waals surface area contributed by atoms with E-state index in [9.17, 15) is 9.59 Å². The van der Waals surface area contributed by atoms with Gasteiger partial charge in [-0.3, -0.25) is 0 Å². The van der Waals surface area contributed by atoms with Gasteiger partial charge in [0.2, 0.25) is 0 Å². The van der Waals surface area contributed by atoms with Crippen LogP contribution in [-0.2, 0) is 9.47 Å². The standard InChI is InChI=1S/C15H28N2O4/c1-6-20-13(18)16-9-8-12(3)10-15(4,5)11-17-14(19)21-7-2/h12H,1-2,6-11H2,3-5H3,(H,16,18)(H,17,19). The van der Waals surface area contributed by atoms with Crippen molar-refractivity contribution >= 4 is 12.2 Å². The highest BCUT2D eigenvalue weighted by Crippen LogP contribution is 2.26. The van der Waals surface area contributed by atoms with Crippen molar-refractivity contribution in [1.82, 2.24) is 10.6 Å². The van der Waals surface area contributed by atoms with Crippen LogP contribution in [0.2, 0.25) is 0 Å². The maximum absolute atomic E-state index is 11.2. The monoisotopic (exact) mass is 300 g/mol. The van der Waals surface area contributed by atoms with Gasteiger partial charge in [0, 0.05) is 13.1 Å². The first-order valence-corrected chi connectivity index (χ1v) is 7.20. The molecule has 0 aliphatic rings. The van der Waals surface area contributed by atoms with Gasteiger partial charge in [0.1, 0.15) is 0 Å². The van der Waals surface area contributed by atoms with Crippen LogP contribution in [0.5, 0.6) is 0 Å². The summed E-state index contributed by atoms with van der Waals surface area (Å²) in [7, 11) is 0. The molecule has 1 atom stereocenters. The largest absolute Gasteiger partial charge is 0.450 e. The fourth-order valence-electron chi connectivity index (χ4n) is 2.14. The number of amides is 2. The van der Waals surface area contributed by atoms with E-state index in [1.165, 1.54) is 0 Å². The average Bonchev–Trinajstić information content (AvgIpc) is 2.36. The van der Waals surface area contributed by atoms with Crippen molar-refractivity contribution in [3.8, 4) is 0 Å². The molecular formula is C15H28N2O4. The van der Waals surface area contributed by atoms with E-state index in [1.807, 2.05) is 0 Å². The molecule has 0 spiro atoms. The zero-order valence-electron chi connectivity index (χ0n) is 13.4. The molecule has 2 amide bonds. The zero-order valence-corrected chi connectivity index (χ0v) is 13.4. The van der Waals surface area contributed by atoms with E-state index in [2.05, 4.69) is 50.0 Å². The van der Waals surface area contributed by atoms with Crippen molar-refractivity contribution in [2.75, 3.05) is 26.3 Å². The molecular weight excluding hydrogens is 272 g/mol. The molecule has 0 fully saturated rings. The van der Waals surface area contributed by atoms with Crippen LogP contribution in [0.15, 0.2) is 0 Å². The number of rotatable bonds is 9. The maximum Gasteiger partial charge on any atom is 0.407 e. The van der Waals surface area contributed by atoms with E-state index < -0.39 is 12.2 Å². The van der Waals surface area contributed by atoms with E-state index in [1.54, 1.807) is 0 Å². The first-order chi connectivity index (χ1) is 9.80. The van der Waals surface area contributed by atoms with Gasteiger partial charge in [-0.15, -0.1) is 0 Å². The van der Waals surface area contributed by atoms with Crippen LogP contribution in [0.3, 0.4) is 0 Å². The molecule has 0 saturated heterocycles. The molecule has 0 aliphatic carbocycles. The van der Waals surface area contributed by atoms with Crippen LogP contribution >= 0.6 is 0 Å². The molecule has 6 nitrogen and oxygen atoms in total. The first-order valence-electron chi connectivity index (χ1n) is 7.20. The summed E-state index contributed by atoms with van der Waals surface area (Å²) in [4.78, 5) is 22.4. The Hall–Kier alpha value is -1.46. The molecule has 0 heterocycles. The average molecular weight is 300 g/mol. The SMILES string of the molecule is [CH2]COC(=O)NCCC(C)CC(C)(C)CNC(=O)OC[CH2]. The number of nitrogens with one attached hydrogen (secondary N) is 2. The Kier molecular flexibility index (Phi) is 9.58. The highest BCUT2D eigenvalue weighted by Gasteiger charge is 2.22. The van der Waals surface area contributed by atoms with Crippen LogP contribution in [0.1, 0.15) is 33.6 Å². The van der Waals surface area contributed by atoms with E-state index in [-0.39, 0.29) is 18.6 Å². The molecule has 21 heavy (non-hydrogen) atoms. The third-order valence-electron chi connectivity index (χ3n) is 2.99. The lowest BCUT2D eigenvalue weighted by Crippen LogP contribution is -2.35. The molecule has 1 unspecified atom stereocenters. The van der Waals surface area contributed by atoms with Gasteiger partial charge in [-0.25, -0.2) is 9.59 Å². The highest BCUT2D eigenvalue weighted by molar-refractivity contribution is 5.67. The summed E-state index contributed by atoms with van der Waals surface area (Å²) in [5.41, 5.74) is -0.0482. The molecule has 2 N–H and O–H groups in total. The molecule has 2 radical (unpaired) electrons. The summed E-state index contributed by atoms with van der Waals surface area (Å²) in [5.74, 6) is 0.408. The van der Waals surface area contributed by atoms with Crippen molar-refractivity contribution < 1.29 is 19.1 Å². The Labute approximate surface area is 127 Å². The summed E-state index contributed by atoms with van der Waals surface area (Å²) in [6.45, 7) is 14.5. The lowest BCUT2D eigenvalue weighted by Gasteiger charge is -2.28. The van der Waals surface area contributed by atoms with Crippen LogP contribution in [0.4, 0.5) is 9.59 Å². The van der Waals surface area contributed by atoms with Crippen molar-refractivity contribution in [1.29, 1.82) is 0 Å². The molecule has 0 saturated carbocycles. The Balaban J connectivity index is 3.92. The fourth-order valence-corrected chi connectivity index (χ4v) is 2.14. The topological polar surface area (TPSA) is 76.7 Å². The van der Waals surface area contributed by atoms with Gasteiger partial charge in [0.15, 0.2) is 0 Å². The molecule has 0 aromatic carbocycles. The van der Waals surface area contributed by atoms with Gasteiger partial charge < -0.3 is 20.1 Å². The number of carbonyl (C=O) groups is 2. The quantitative estimate of drug-likeness (QED) is 0.686. The Morgan fingerprint density at radius 1 is 1.10 bits per heavy atom. The van der Waals surface area contributed by atoms with E-state index in [0.29, 0.717) is 19.0 Å². The van der Waals surface area contributed by atoms with Crippen molar-refractivity contribution in [3.05, 3.63) is 13.8 Å².